The van der Waals surface area contributed by atoms with Crippen molar-refractivity contribution in [2.45, 2.75) is 13.8 Å². The number of nitrogens with one attached hydrogen (secondary N) is 1. The molecular weight excluding hydrogens is 252 g/mol. The molecule has 0 bridgehead atoms. The van der Waals surface area contributed by atoms with Crippen molar-refractivity contribution in [1.82, 2.24) is 9.97 Å². The predicted molar refractivity (Wildman–Crippen MR) is 78.0 cm³/mol. The van der Waals surface area contributed by atoms with Crippen LogP contribution in [0.3, 0.4) is 0 Å². The van der Waals surface area contributed by atoms with E-state index in [1.54, 1.807) is 12.1 Å². The smallest absolute Gasteiger partial charge is 0.337 e. The van der Waals surface area contributed by atoms with Gasteiger partial charge in [-0.15, -0.1) is 0 Å². The molecule has 0 aliphatic carbocycles. The van der Waals surface area contributed by atoms with Gasteiger partial charge in [0.05, 0.1) is 11.3 Å². The highest BCUT2D eigenvalue weighted by Crippen LogP contribution is 2.31. The molecule has 20 heavy (non-hydrogen) atoms. The van der Waals surface area contributed by atoms with Crippen LogP contribution in [-0.4, -0.2) is 21.0 Å². The van der Waals surface area contributed by atoms with Crippen molar-refractivity contribution in [2.75, 3.05) is 0 Å². The molecule has 0 spiro atoms. The first-order chi connectivity index (χ1) is 9.56. The number of hydrogen-bond acceptors (Lipinski definition) is 2. The maximum Gasteiger partial charge on any atom is 0.337 e. The van der Waals surface area contributed by atoms with E-state index in [0.717, 1.165) is 27.9 Å². The van der Waals surface area contributed by atoms with Gasteiger partial charge in [0, 0.05) is 28.4 Å². The molecule has 1 aromatic carbocycles. The Morgan fingerprint density at radius 3 is 2.65 bits per heavy atom. The molecule has 0 aliphatic rings. The number of aromatic amines is 1. The van der Waals surface area contributed by atoms with Crippen LogP contribution in [0.4, 0.5) is 0 Å². The Bertz CT molecular complexity index is 801. The van der Waals surface area contributed by atoms with Gasteiger partial charge in [0.1, 0.15) is 0 Å². The summed E-state index contributed by atoms with van der Waals surface area (Å²) in [5.74, 6) is -0.963. The van der Waals surface area contributed by atoms with E-state index in [9.17, 15) is 4.79 Å². The highest BCUT2D eigenvalue weighted by atomic mass is 16.4. The van der Waals surface area contributed by atoms with Crippen LogP contribution in [0.15, 0.2) is 36.5 Å². The van der Waals surface area contributed by atoms with E-state index in [-0.39, 0.29) is 5.56 Å². The summed E-state index contributed by atoms with van der Waals surface area (Å²) >= 11 is 0. The minimum Gasteiger partial charge on any atom is -0.478 e. The highest BCUT2D eigenvalue weighted by molar-refractivity contribution is 5.97. The first-order valence-electron chi connectivity index (χ1n) is 6.35. The molecule has 0 radical (unpaired) electrons. The fourth-order valence-corrected chi connectivity index (χ4v) is 2.44. The molecule has 100 valence electrons. The molecular formula is C16H14N2O2. The minimum absolute atomic E-state index is 0.196. The van der Waals surface area contributed by atoms with Crippen LogP contribution in [0.1, 0.15) is 21.6 Å². The van der Waals surface area contributed by atoms with E-state index in [4.69, 9.17) is 5.11 Å². The van der Waals surface area contributed by atoms with Crippen molar-refractivity contribution in [3.63, 3.8) is 0 Å². The molecule has 2 N–H and O–H groups in total. The Labute approximate surface area is 116 Å². The van der Waals surface area contributed by atoms with Gasteiger partial charge in [-0.1, -0.05) is 12.1 Å². The first kappa shape index (κ1) is 12.4. The van der Waals surface area contributed by atoms with Crippen molar-refractivity contribution in [3.05, 3.63) is 53.3 Å². The molecule has 0 saturated carbocycles. The predicted octanol–water partition coefficient (Wildman–Crippen LogP) is 3.54. The molecule has 0 saturated heterocycles. The summed E-state index contributed by atoms with van der Waals surface area (Å²) in [7, 11) is 0. The van der Waals surface area contributed by atoms with E-state index in [1.807, 2.05) is 6.92 Å². The number of carboxylic acid groups (broad SMARTS) is 1. The molecule has 4 nitrogen and oxygen atoms in total. The lowest BCUT2D eigenvalue weighted by Crippen LogP contribution is -1.97. The van der Waals surface area contributed by atoms with Gasteiger partial charge in [-0.2, -0.15) is 0 Å². The number of fused-ring (bicyclic) bond motifs is 1. The number of nitrogens with zero attached hydrogens (tertiary/aromatic N) is 1. The number of aryl methyl sites for hydroxylation is 2. The summed E-state index contributed by atoms with van der Waals surface area (Å²) in [5.41, 5.74) is 5.30. The quantitative estimate of drug-likeness (QED) is 0.745. The van der Waals surface area contributed by atoms with Gasteiger partial charge in [-0.25, -0.2) is 4.79 Å². The molecule has 2 heterocycles. The average molecular weight is 266 g/mol. The third kappa shape index (κ3) is 1.95. The van der Waals surface area contributed by atoms with Crippen molar-refractivity contribution in [3.8, 4) is 11.3 Å². The van der Waals surface area contributed by atoms with Crippen LogP contribution in [0.5, 0.6) is 0 Å². The molecule has 0 atom stereocenters. The third-order valence-corrected chi connectivity index (χ3v) is 3.41. The number of H-pyrrole nitrogens is 1. The van der Waals surface area contributed by atoms with E-state index in [2.05, 4.69) is 35.1 Å². The Balaban J connectivity index is 2.18. The van der Waals surface area contributed by atoms with Crippen molar-refractivity contribution in [2.24, 2.45) is 0 Å². The van der Waals surface area contributed by atoms with Gasteiger partial charge in [0.15, 0.2) is 0 Å². The van der Waals surface area contributed by atoms with Crippen LogP contribution in [0.2, 0.25) is 0 Å². The summed E-state index contributed by atoms with van der Waals surface area (Å²) in [6, 6.07) is 9.55. The fraction of sp³-hybridized carbons (Fsp3) is 0.125. The second-order valence-electron chi connectivity index (χ2n) is 4.91. The molecule has 0 aliphatic heterocycles. The Hall–Kier alpha value is -2.62. The molecule has 3 aromatic rings. The largest absolute Gasteiger partial charge is 0.478 e. The second-order valence-corrected chi connectivity index (χ2v) is 4.91. The van der Waals surface area contributed by atoms with E-state index in [0.29, 0.717) is 0 Å². The summed E-state index contributed by atoms with van der Waals surface area (Å²) in [6.07, 6.45) is 1.39. The zero-order chi connectivity index (χ0) is 14.3. The highest BCUT2D eigenvalue weighted by Gasteiger charge is 2.12. The normalized spacial score (nSPS) is 10.9. The first-order valence-corrected chi connectivity index (χ1v) is 6.35. The Kier molecular flexibility index (Phi) is 2.79. The summed E-state index contributed by atoms with van der Waals surface area (Å²) < 4.78 is 0. The lowest BCUT2D eigenvalue weighted by Gasteiger charge is -2.02. The second kappa shape index (κ2) is 4.49. The van der Waals surface area contributed by atoms with Gasteiger partial charge in [0.2, 0.25) is 0 Å². The van der Waals surface area contributed by atoms with Crippen LogP contribution in [-0.2, 0) is 0 Å². The maximum absolute atomic E-state index is 10.9. The average Bonchev–Trinajstić information content (AvgIpc) is 2.73. The molecule has 4 heteroatoms. The van der Waals surface area contributed by atoms with Gasteiger partial charge >= 0.3 is 5.97 Å². The zero-order valence-electron chi connectivity index (χ0n) is 11.3. The number of carbonyl (C=O) groups is 1. The van der Waals surface area contributed by atoms with Crippen LogP contribution in [0, 0.1) is 13.8 Å². The third-order valence-electron chi connectivity index (χ3n) is 3.41. The van der Waals surface area contributed by atoms with Crippen molar-refractivity contribution >= 4 is 16.9 Å². The molecule has 3 rings (SSSR count). The van der Waals surface area contributed by atoms with Crippen LogP contribution in [0.25, 0.3) is 22.2 Å². The summed E-state index contributed by atoms with van der Waals surface area (Å²) in [6.45, 7) is 4.05. The number of carboxylic acids is 1. The lowest BCUT2D eigenvalue weighted by molar-refractivity contribution is 0.0696. The number of aromatic carboxylic acids is 1. The monoisotopic (exact) mass is 266 g/mol. The van der Waals surface area contributed by atoms with Crippen LogP contribution < -0.4 is 0 Å². The van der Waals surface area contributed by atoms with Crippen molar-refractivity contribution < 1.29 is 9.90 Å². The number of benzene rings is 1. The van der Waals surface area contributed by atoms with Crippen LogP contribution >= 0.6 is 0 Å². The number of hydrogen-bond donors (Lipinski definition) is 2. The minimum atomic E-state index is -0.963. The van der Waals surface area contributed by atoms with E-state index in [1.165, 1.54) is 11.8 Å². The fourth-order valence-electron chi connectivity index (χ4n) is 2.44. The molecule has 2 aromatic heterocycles. The van der Waals surface area contributed by atoms with Crippen molar-refractivity contribution in [1.29, 1.82) is 0 Å². The van der Waals surface area contributed by atoms with E-state index < -0.39 is 5.97 Å². The summed E-state index contributed by atoms with van der Waals surface area (Å²) in [4.78, 5) is 18.5. The molecule has 0 unspecified atom stereocenters. The van der Waals surface area contributed by atoms with Gasteiger partial charge in [-0.3, -0.25) is 4.98 Å². The Morgan fingerprint density at radius 2 is 2.00 bits per heavy atom. The lowest BCUT2D eigenvalue weighted by atomic mass is 10.1. The van der Waals surface area contributed by atoms with Gasteiger partial charge in [-0.05, 0) is 37.6 Å². The number of aromatic nitrogens is 2. The molecule has 0 fully saturated rings. The number of rotatable bonds is 2. The van der Waals surface area contributed by atoms with E-state index >= 15 is 0 Å². The topological polar surface area (TPSA) is 66.0 Å². The Morgan fingerprint density at radius 1 is 1.20 bits per heavy atom. The van der Waals surface area contributed by atoms with Gasteiger partial charge in [0.25, 0.3) is 0 Å². The number of pyridine rings is 1. The standard InChI is InChI=1S/C16H14N2O2/c1-9-3-5-12-14(7-9)18-10(2)15(12)13-6-4-11(8-17-13)16(19)20/h3-8,18H,1-2H3,(H,19,20). The zero-order valence-corrected chi connectivity index (χ0v) is 11.3. The maximum atomic E-state index is 10.9. The summed E-state index contributed by atoms with van der Waals surface area (Å²) in [5, 5.41) is 10.0. The van der Waals surface area contributed by atoms with Gasteiger partial charge < -0.3 is 10.1 Å². The SMILES string of the molecule is Cc1ccc2c(-c3ccc(C(=O)O)cn3)c(C)[nH]c2c1. The molecule has 0 amide bonds.